The van der Waals surface area contributed by atoms with Gasteiger partial charge >= 0.3 is 0 Å². The topological polar surface area (TPSA) is 66.3 Å². The number of aromatic hydroxyl groups is 1. The van der Waals surface area contributed by atoms with Crippen molar-refractivity contribution in [1.29, 1.82) is 0 Å². The molecule has 124 valence electrons. The fourth-order valence-electron chi connectivity index (χ4n) is 2.97. The lowest BCUT2D eigenvalue weighted by Crippen LogP contribution is -2.45. The van der Waals surface area contributed by atoms with Crippen LogP contribution in [0.1, 0.15) is 31.4 Å². The molecule has 2 aromatic rings. The summed E-state index contributed by atoms with van der Waals surface area (Å²) in [7, 11) is 0. The summed E-state index contributed by atoms with van der Waals surface area (Å²) in [5.74, 6) is 0.293. The van der Waals surface area contributed by atoms with Crippen LogP contribution in [0.4, 0.5) is 0 Å². The second-order valence-corrected chi connectivity index (χ2v) is 6.55. The maximum atomic E-state index is 13.1. The summed E-state index contributed by atoms with van der Waals surface area (Å²) in [5.41, 5.74) is 2.14. The van der Waals surface area contributed by atoms with Gasteiger partial charge in [0.05, 0.1) is 5.41 Å². The van der Waals surface area contributed by atoms with Crippen molar-refractivity contribution in [3.8, 4) is 5.75 Å². The molecule has 0 saturated heterocycles. The van der Waals surface area contributed by atoms with Crippen molar-refractivity contribution in [2.75, 3.05) is 13.1 Å². The number of amides is 1. The van der Waals surface area contributed by atoms with Crippen LogP contribution in [0.3, 0.4) is 0 Å². The molecule has 1 aromatic carbocycles. The fraction of sp³-hybridized carbons (Fsp3) is 0.316. The molecule has 1 aliphatic heterocycles. The van der Waals surface area contributed by atoms with Crippen LogP contribution in [0.2, 0.25) is 0 Å². The van der Waals surface area contributed by atoms with E-state index in [2.05, 4.69) is 16.0 Å². The number of carbonyl (C=O) groups excluding carboxylic acids is 1. The number of benzene rings is 1. The molecule has 0 spiro atoms. The van der Waals surface area contributed by atoms with Crippen LogP contribution < -0.4 is 0 Å². The van der Waals surface area contributed by atoms with Gasteiger partial charge in [-0.15, -0.1) is 0 Å². The van der Waals surface area contributed by atoms with Crippen LogP contribution in [0.25, 0.3) is 5.57 Å². The molecule has 1 aliphatic rings. The van der Waals surface area contributed by atoms with Gasteiger partial charge in [-0.2, -0.15) is 0 Å². The Morgan fingerprint density at radius 2 is 2.00 bits per heavy atom. The highest BCUT2D eigenvalue weighted by Crippen LogP contribution is 2.29. The smallest absolute Gasteiger partial charge is 0.233 e. The lowest BCUT2D eigenvalue weighted by atomic mass is 9.84. The van der Waals surface area contributed by atoms with Crippen LogP contribution in [0, 0.1) is 0 Å². The number of rotatable bonds is 3. The van der Waals surface area contributed by atoms with Crippen molar-refractivity contribution in [1.82, 2.24) is 14.9 Å². The van der Waals surface area contributed by atoms with Crippen LogP contribution in [-0.2, 0) is 10.2 Å². The molecule has 0 radical (unpaired) electrons. The summed E-state index contributed by atoms with van der Waals surface area (Å²) in [6, 6.07) is 7.15. The standard InChI is InChI=1S/C19H21N3O2/c1-19(2,16-10-20-13-21-11-16)18(24)22-8-4-6-15(12-22)14-5-3-7-17(23)9-14/h3,5-7,9-11,13,23H,4,8,12H2,1-2H3. The van der Waals surface area contributed by atoms with E-state index < -0.39 is 5.41 Å². The number of phenolic OH excluding ortho intramolecular Hbond substituents is 1. The summed E-state index contributed by atoms with van der Waals surface area (Å²) in [5, 5.41) is 9.68. The fourth-order valence-corrected chi connectivity index (χ4v) is 2.97. The Morgan fingerprint density at radius 3 is 2.71 bits per heavy atom. The van der Waals surface area contributed by atoms with Crippen LogP contribution >= 0.6 is 0 Å². The second kappa shape index (κ2) is 6.43. The average molecular weight is 323 g/mol. The Hall–Kier alpha value is -2.69. The molecule has 1 N–H and O–H groups in total. The van der Waals surface area contributed by atoms with Gasteiger partial charge in [0.1, 0.15) is 12.1 Å². The van der Waals surface area contributed by atoms with Crippen LogP contribution in [0.5, 0.6) is 5.75 Å². The minimum atomic E-state index is -0.678. The molecule has 24 heavy (non-hydrogen) atoms. The van der Waals surface area contributed by atoms with E-state index in [0.29, 0.717) is 13.1 Å². The predicted molar refractivity (Wildman–Crippen MR) is 92.3 cm³/mol. The van der Waals surface area contributed by atoms with E-state index >= 15 is 0 Å². The molecule has 0 saturated carbocycles. The van der Waals surface area contributed by atoms with Crippen LogP contribution in [0.15, 0.2) is 49.1 Å². The summed E-state index contributed by atoms with van der Waals surface area (Å²) < 4.78 is 0. The largest absolute Gasteiger partial charge is 0.508 e. The average Bonchev–Trinajstić information content (AvgIpc) is 2.62. The number of phenols is 1. The molecule has 1 aromatic heterocycles. The highest BCUT2D eigenvalue weighted by atomic mass is 16.3. The van der Waals surface area contributed by atoms with Crippen molar-refractivity contribution >= 4 is 11.5 Å². The normalized spacial score (nSPS) is 15.1. The minimum Gasteiger partial charge on any atom is -0.508 e. The molecule has 3 rings (SSSR count). The van der Waals surface area contributed by atoms with Gasteiger partial charge in [-0.3, -0.25) is 4.79 Å². The third-order valence-corrected chi connectivity index (χ3v) is 4.47. The highest BCUT2D eigenvalue weighted by Gasteiger charge is 2.35. The number of aromatic nitrogens is 2. The lowest BCUT2D eigenvalue weighted by Gasteiger charge is -2.34. The van der Waals surface area contributed by atoms with Gasteiger partial charge in [0.15, 0.2) is 0 Å². The van der Waals surface area contributed by atoms with Crippen molar-refractivity contribution in [2.24, 2.45) is 0 Å². The maximum Gasteiger partial charge on any atom is 0.233 e. The molecular weight excluding hydrogens is 302 g/mol. The zero-order valence-corrected chi connectivity index (χ0v) is 13.9. The molecule has 2 heterocycles. The zero-order valence-electron chi connectivity index (χ0n) is 13.9. The van der Waals surface area contributed by atoms with Gasteiger partial charge in [-0.25, -0.2) is 9.97 Å². The Balaban J connectivity index is 1.81. The number of hydrogen-bond acceptors (Lipinski definition) is 4. The molecule has 0 atom stereocenters. The Kier molecular flexibility index (Phi) is 4.34. The summed E-state index contributed by atoms with van der Waals surface area (Å²) >= 11 is 0. The quantitative estimate of drug-likeness (QED) is 0.943. The first-order valence-electron chi connectivity index (χ1n) is 8.02. The number of nitrogens with zero attached hydrogens (tertiary/aromatic N) is 3. The third kappa shape index (κ3) is 3.15. The Morgan fingerprint density at radius 1 is 1.25 bits per heavy atom. The summed E-state index contributed by atoms with van der Waals surface area (Å²) in [6.45, 7) is 5.04. The Labute approximate surface area is 141 Å². The first-order chi connectivity index (χ1) is 11.5. The van der Waals surface area contributed by atoms with E-state index in [0.717, 1.165) is 23.1 Å². The lowest BCUT2D eigenvalue weighted by molar-refractivity contribution is -0.135. The van der Waals surface area contributed by atoms with Gasteiger partial charge in [0.2, 0.25) is 5.91 Å². The maximum absolute atomic E-state index is 13.1. The van der Waals surface area contributed by atoms with E-state index in [9.17, 15) is 9.90 Å². The molecule has 0 aliphatic carbocycles. The number of hydrogen-bond donors (Lipinski definition) is 1. The van der Waals surface area contributed by atoms with Gasteiger partial charge in [0, 0.05) is 31.0 Å². The molecule has 0 fully saturated rings. The van der Waals surface area contributed by atoms with Crippen molar-refractivity contribution in [3.63, 3.8) is 0 Å². The zero-order chi connectivity index (χ0) is 17.2. The van der Waals surface area contributed by atoms with E-state index in [1.165, 1.54) is 6.33 Å². The van der Waals surface area contributed by atoms with Crippen LogP contribution in [-0.4, -0.2) is 39.0 Å². The van der Waals surface area contributed by atoms with E-state index in [4.69, 9.17) is 0 Å². The SMILES string of the molecule is CC(C)(C(=O)N1CCC=C(c2cccc(O)c2)C1)c1cncnc1. The summed E-state index contributed by atoms with van der Waals surface area (Å²) in [6.07, 6.45) is 7.80. The molecule has 0 bridgehead atoms. The first kappa shape index (κ1) is 16.2. The third-order valence-electron chi connectivity index (χ3n) is 4.47. The molecule has 5 heteroatoms. The molecule has 5 nitrogen and oxygen atoms in total. The molecule has 1 amide bonds. The molecular formula is C19H21N3O2. The van der Waals surface area contributed by atoms with Crippen molar-refractivity contribution in [2.45, 2.75) is 25.7 Å². The van der Waals surface area contributed by atoms with Crippen molar-refractivity contribution in [3.05, 3.63) is 60.2 Å². The predicted octanol–water partition coefficient (Wildman–Crippen LogP) is 2.78. The Bertz CT molecular complexity index is 769. The van der Waals surface area contributed by atoms with Gasteiger partial charge in [-0.05, 0) is 43.5 Å². The highest BCUT2D eigenvalue weighted by molar-refractivity contribution is 5.89. The van der Waals surface area contributed by atoms with Gasteiger partial charge in [-0.1, -0.05) is 18.2 Å². The minimum absolute atomic E-state index is 0.0584. The van der Waals surface area contributed by atoms with E-state index in [1.54, 1.807) is 24.5 Å². The van der Waals surface area contributed by atoms with E-state index in [-0.39, 0.29) is 11.7 Å². The number of carbonyl (C=O) groups is 1. The van der Waals surface area contributed by atoms with Crippen molar-refractivity contribution < 1.29 is 9.90 Å². The second-order valence-electron chi connectivity index (χ2n) is 6.55. The van der Waals surface area contributed by atoms with E-state index in [1.807, 2.05) is 30.9 Å². The summed E-state index contributed by atoms with van der Waals surface area (Å²) in [4.78, 5) is 23.0. The van der Waals surface area contributed by atoms with Gasteiger partial charge in [0.25, 0.3) is 0 Å². The molecule has 0 unspecified atom stereocenters. The monoisotopic (exact) mass is 323 g/mol. The first-order valence-corrected chi connectivity index (χ1v) is 8.02. The van der Waals surface area contributed by atoms with Gasteiger partial charge < -0.3 is 10.0 Å².